The van der Waals surface area contributed by atoms with Gasteiger partial charge in [0.15, 0.2) is 0 Å². The number of aryl methyl sites for hydroxylation is 1. The van der Waals surface area contributed by atoms with E-state index >= 15 is 0 Å². The molecule has 1 amide bonds. The molecule has 0 bridgehead atoms. The molecule has 0 aliphatic carbocycles. The Bertz CT molecular complexity index is 499. The number of hydrogen-bond donors (Lipinski definition) is 2. The number of carbonyl (C=O) groups is 1. The standard InChI is InChI=1S/C17H27N3O/c1-5-20(11-17(21)18-12(2)3)15-8-9-16-14(10-15)7-6-13(4)19-16/h8-10,12-13,19H,5-7,11H2,1-4H3,(H,18,21). The van der Waals surface area contributed by atoms with E-state index in [0.717, 1.165) is 25.1 Å². The minimum absolute atomic E-state index is 0.0799. The highest BCUT2D eigenvalue weighted by Crippen LogP contribution is 2.29. The van der Waals surface area contributed by atoms with E-state index in [1.807, 2.05) is 13.8 Å². The fourth-order valence-electron chi connectivity index (χ4n) is 2.76. The summed E-state index contributed by atoms with van der Waals surface area (Å²) in [6, 6.07) is 7.20. The van der Waals surface area contributed by atoms with E-state index < -0.39 is 0 Å². The molecule has 0 saturated heterocycles. The van der Waals surface area contributed by atoms with Crippen LogP contribution in [-0.4, -0.2) is 31.1 Å². The second kappa shape index (κ2) is 6.83. The summed E-state index contributed by atoms with van der Waals surface area (Å²) in [5, 5.41) is 6.47. The van der Waals surface area contributed by atoms with Crippen molar-refractivity contribution in [3.63, 3.8) is 0 Å². The summed E-state index contributed by atoms with van der Waals surface area (Å²) in [7, 11) is 0. The van der Waals surface area contributed by atoms with Crippen LogP contribution < -0.4 is 15.5 Å². The molecule has 1 aliphatic heterocycles. The molecule has 0 radical (unpaired) electrons. The summed E-state index contributed by atoms with van der Waals surface area (Å²) in [6.45, 7) is 9.51. The maximum absolute atomic E-state index is 12.0. The Hall–Kier alpha value is -1.71. The van der Waals surface area contributed by atoms with Crippen molar-refractivity contribution in [3.8, 4) is 0 Å². The second-order valence-corrected chi connectivity index (χ2v) is 6.16. The molecular formula is C17H27N3O. The molecule has 21 heavy (non-hydrogen) atoms. The molecule has 1 aliphatic rings. The smallest absolute Gasteiger partial charge is 0.239 e. The number of likely N-dealkylation sites (N-methyl/N-ethyl adjacent to an activating group) is 1. The second-order valence-electron chi connectivity index (χ2n) is 6.16. The number of rotatable bonds is 5. The fraction of sp³-hybridized carbons (Fsp3) is 0.588. The first kappa shape index (κ1) is 15.7. The first-order chi connectivity index (χ1) is 9.99. The summed E-state index contributed by atoms with van der Waals surface area (Å²) in [4.78, 5) is 14.1. The van der Waals surface area contributed by atoms with Crippen LogP contribution in [0.2, 0.25) is 0 Å². The lowest BCUT2D eigenvalue weighted by molar-refractivity contribution is -0.120. The van der Waals surface area contributed by atoms with Gasteiger partial charge in [0.1, 0.15) is 0 Å². The molecule has 4 heteroatoms. The summed E-state index contributed by atoms with van der Waals surface area (Å²) < 4.78 is 0. The Morgan fingerprint density at radius 2 is 2.24 bits per heavy atom. The normalized spacial score (nSPS) is 17.1. The van der Waals surface area contributed by atoms with Crippen LogP contribution in [0.1, 0.15) is 39.7 Å². The molecule has 0 aromatic heterocycles. The molecule has 1 heterocycles. The molecule has 1 aromatic carbocycles. The average Bonchev–Trinajstić information content (AvgIpc) is 2.43. The summed E-state index contributed by atoms with van der Waals surface area (Å²) in [5.41, 5.74) is 3.72. The van der Waals surface area contributed by atoms with E-state index in [2.05, 4.69) is 47.6 Å². The van der Waals surface area contributed by atoms with Gasteiger partial charge in [0, 0.05) is 30.0 Å². The Kier molecular flexibility index (Phi) is 5.10. The minimum atomic E-state index is 0.0799. The van der Waals surface area contributed by atoms with Gasteiger partial charge in [0.25, 0.3) is 0 Å². The zero-order valence-corrected chi connectivity index (χ0v) is 13.6. The van der Waals surface area contributed by atoms with Crippen molar-refractivity contribution in [2.75, 3.05) is 23.3 Å². The van der Waals surface area contributed by atoms with Gasteiger partial charge < -0.3 is 15.5 Å². The van der Waals surface area contributed by atoms with Gasteiger partial charge in [-0.3, -0.25) is 4.79 Å². The van der Waals surface area contributed by atoms with E-state index in [-0.39, 0.29) is 11.9 Å². The third-order valence-corrected chi connectivity index (χ3v) is 3.87. The van der Waals surface area contributed by atoms with E-state index in [0.29, 0.717) is 12.6 Å². The number of benzene rings is 1. The van der Waals surface area contributed by atoms with E-state index in [4.69, 9.17) is 0 Å². The lowest BCUT2D eigenvalue weighted by Gasteiger charge is -2.28. The van der Waals surface area contributed by atoms with Crippen molar-refractivity contribution in [3.05, 3.63) is 23.8 Å². The van der Waals surface area contributed by atoms with Crippen LogP contribution in [0.15, 0.2) is 18.2 Å². The predicted octanol–water partition coefficient (Wildman–Crippen LogP) is 2.78. The van der Waals surface area contributed by atoms with Crippen LogP contribution in [0, 0.1) is 0 Å². The predicted molar refractivity (Wildman–Crippen MR) is 89.0 cm³/mol. The Balaban J connectivity index is 2.10. The van der Waals surface area contributed by atoms with Crippen LogP contribution in [0.5, 0.6) is 0 Å². The average molecular weight is 289 g/mol. The van der Waals surface area contributed by atoms with Gasteiger partial charge in [-0.25, -0.2) is 0 Å². The van der Waals surface area contributed by atoms with Gasteiger partial charge in [-0.15, -0.1) is 0 Å². The first-order valence-electron chi connectivity index (χ1n) is 7.93. The van der Waals surface area contributed by atoms with Crippen molar-refractivity contribution in [1.29, 1.82) is 0 Å². The van der Waals surface area contributed by atoms with E-state index in [1.54, 1.807) is 0 Å². The zero-order valence-electron chi connectivity index (χ0n) is 13.6. The summed E-state index contributed by atoms with van der Waals surface area (Å²) >= 11 is 0. The molecule has 0 fully saturated rings. The molecule has 0 saturated carbocycles. The van der Waals surface area contributed by atoms with Gasteiger partial charge in [0.2, 0.25) is 5.91 Å². The molecule has 4 nitrogen and oxygen atoms in total. The van der Waals surface area contributed by atoms with Crippen LogP contribution in [-0.2, 0) is 11.2 Å². The molecule has 2 N–H and O–H groups in total. The number of anilines is 2. The van der Waals surface area contributed by atoms with Gasteiger partial charge in [0.05, 0.1) is 6.54 Å². The summed E-state index contributed by atoms with van der Waals surface area (Å²) in [6.07, 6.45) is 2.27. The number of carbonyl (C=O) groups excluding carboxylic acids is 1. The number of fused-ring (bicyclic) bond motifs is 1. The van der Waals surface area contributed by atoms with Crippen LogP contribution >= 0.6 is 0 Å². The van der Waals surface area contributed by atoms with Crippen molar-refractivity contribution in [2.45, 2.75) is 52.6 Å². The van der Waals surface area contributed by atoms with Gasteiger partial charge >= 0.3 is 0 Å². The SMILES string of the molecule is CCN(CC(=O)NC(C)C)c1ccc2c(c1)CCC(C)N2. The van der Waals surface area contributed by atoms with Crippen LogP contribution in [0.25, 0.3) is 0 Å². The molecule has 2 rings (SSSR count). The van der Waals surface area contributed by atoms with E-state index in [9.17, 15) is 4.79 Å². The molecule has 0 spiro atoms. The highest BCUT2D eigenvalue weighted by atomic mass is 16.2. The Morgan fingerprint density at radius 1 is 1.48 bits per heavy atom. The first-order valence-corrected chi connectivity index (χ1v) is 7.93. The molecule has 1 unspecified atom stereocenters. The maximum Gasteiger partial charge on any atom is 0.239 e. The monoisotopic (exact) mass is 289 g/mol. The van der Waals surface area contributed by atoms with Crippen LogP contribution in [0.4, 0.5) is 11.4 Å². The largest absolute Gasteiger partial charge is 0.382 e. The third kappa shape index (κ3) is 4.13. The minimum Gasteiger partial charge on any atom is -0.382 e. The molecular weight excluding hydrogens is 262 g/mol. The molecule has 1 atom stereocenters. The van der Waals surface area contributed by atoms with Crippen molar-refractivity contribution >= 4 is 17.3 Å². The zero-order chi connectivity index (χ0) is 15.4. The number of nitrogens with one attached hydrogen (secondary N) is 2. The van der Waals surface area contributed by atoms with Crippen LogP contribution in [0.3, 0.4) is 0 Å². The van der Waals surface area contributed by atoms with Crippen molar-refractivity contribution < 1.29 is 4.79 Å². The Morgan fingerprint density at radius 3 is 2.90 bits per heavy atom. The molecule has 1 aromatic rings. The molecule has 116 valence electrons. The van der Waals surface area contributed by atoms with Crippen molar-refractivity contribution in [1.82, 2.24) is 5.32 Å². The summed E-state index contributed by atoms with van der Waals surface area (Å²) in [5.74, 6) is 0.0799. The lowest BCUT2D eigenvalue weighted by Crippen LogP contribution is -2.40. The number of hydrogen-bond acceptors (Lipinski definition) is 3. The maximum atomic E-state index is 12.0. The number of nitrogens with zero attached hydrogens (tertiary/aromatic N) is 1. The van der Waals surface area contributed by atoms with Gasteiger partial charge in [-0.1, -0.05) is 0 Å². The highest BCUT2D eigenvalue weighted by molar-refractivity contribution is 5.81. The Labute approximate surface area is 127 Å². The van der Waals surface area contributed by atoms with Gasteiger partial charge in [-0.2, -0.15) is 0 Å². The fourth-order valence-corrected chi connectivity index (χ4v) is 2.76. The topological polar surface area (TPSA) is 44.4 Å². The van der Waals surface area contributed by atoms with E-state index in [1.165, 1.54) is 11.3 Å². The lowest BCUT2D eigenvalue weighted by atomic mass is 9.98. The number of amides is 1. The quantitative estimate of drug-likeness (QED) is 0.876. The van der Waals surface area contributed by atoms with Crippen molar-refractivity contribution in [2.24, 2.45) is 0 Å². The van der Waals surface area contributed by atoms with Gasteiger partial charge in [-0.05, 0) is 64.3 Å². The highest BCUT2D eigenvalue weighted by Gasteiger charge is 2.16. The third-order valence-electron chi connectivity index (χ3n) is 3.87.